The van der Waals surface area contributed by atoms with Crippen LogP contribution in [-0.2, 0) is 0 Å². The zero-order valence-electron chi connectivity index (χ0n) is 6.02. The van der Waals surface area contributed by atoms with E-state index in [1.165, 1.54) is 18.7 Å². The van der Waals surface area contributed by atoms with Crippen molar-refractivity contribution in [1.82, 2.24) is 15.2 Å². The van der Waals surface area contributed by atoms with Crippen LogP contribution in [0, 0.1) is 0 Å². The molecule has 0 aliphatic heterocycles. The molecule has 5 nitrogen and oxygen atoms in total. The molecule has 0 spiro atoms. The van der Waals surface area contributed by atoms with Gasteiger partial charge in [0.25, 0.3) is 0 Å². The molecule has 2 aromatic heterocycles. The summed E-state index contributed by atoms with van der Waals surface area (Å²) in [4.78, 5) is 13.3. The molecule has 1 N–H and O–H groups in total. The Morgan fingerprint density at radius 1 is 1.50 bits per heavy atom. The van der Waals surface area contributed by atoms with Gasteiger partial charge in [-0.15, -0.1) is 10.2 Å². The monoisotopic (exact) mass is 163 g/mol. The van der Waals surface area contributed by atoms with Crippen molar-refractivity contribution in [3.05, 3.63) is 35.1 Å². The maximum atomic E-state index is 10.8. The standard InChI is InChI=1S/C7H5N3O2/c11-6-3-5(1-2-8-6)7-10-9-4-12-7/h1-4H,(H,8,11). The Bertz CT molecular complexity index is 418. The quantitative estimate of drug-likeness (QED) is 0.661. The van der Waals surface area contributed by atoms with Crippen LogP contribution in [0.4, 0.5) is 0 Å². The normalized spacial score (nSPS) is 10.0. The van der Waals surface area contributed by atoms with Crippen molar-refractivity contribution in [3.8, 4) is 11.5 Å². The summed E-state index contributed by atoms with van der Waals surface area (Å²) in [5.41, 5.74) is 0.432. The summed E-state index contributed by atoms with van der Waals surface area (Å²) in [7, 11) is 0. The number of hydrogen-bond donors (Lipinski definition) is 1. The van der Waals surface area contributed by atoms with Crippen LogP contribution >= 0.6 is 0 Å². The van der Waals surface area contributed by atoms with Gasteiger partial charge in [0.1, 0.15) is 0 Å². The molecule has 12 heavy (non-hydrogen) atoms. The summed E-state index contributed by atoms with van der Waals surface area (Å²) in [6.45, 7) is 0. The van der Waals surface area contributed by atoms with Gasteiger partial charge in [-0.25, -0.2) is 0 Å². The molecule has 5 heteroatoms. The number of H-pyrrole nitrogens is 1. The third-order valence-electron chi connectivity index (χ3n) is 1.38. The fraction of sp³-hybridized carbons (Fsp3) is 0. The van der Waals surface area contributed by atoms with Gasteiger partial charge in [0, 0.05) is 17.8 Å². The highest BCUT2D eigenvalue weighted by molar-refractivity contribution is 5.50. The second-order valence-corrected chi connectivity index (χ2v) is 2.19. The van der Waals surface area contributed by atoms with Gasteiger partial charge in [-0.3, -0.25) is 4.79 Å². The lowest BCUT2D eigenvalue weighted by Gasteiger charge is -1.89. The molecule has 2 heterocycles. The fourth-order valence-electron chi connectivity index (χ4n) is 0.876. The number of aromatic nitrogens is 3. The highest BCUT2D eigenvalue weighted by Crippen LogP contribution is 2.11. The van der Waals surface area contributed by atoms with Crippen LogP contribution in [0.1, 0.15) is 0 Å². The molecule has 0 atom stereocenters. The number of hydrogen-bond acceptors (Lipinski definition) is 4. The second-order valence-electron chi connectivity index (χ2n) is 2.19. The molecular weight excluding hydrogens is 158 g/mol. The van der Waals surface area contributed by atoms with Crippen molar-refractivity contribution < 1.29 is 4.42 Å². The predicted octanol–water partition coefficient (Wildman–Crippen LogP) is 0.425. The van der Waals surface area contributed by atoms with Gasteiger partial charge >= 0.3 is 0 Å². The molecular formula is C7H5N3O2. The maximum Gasteiger partial charge on any atom is 0.248 e. The first kappa shape index (κ1) is 6.78. The van der Waals surface area contributed by atoms with E-state index < -0.39 is 0 Å². The third kappa shape index (κ3) is 1.12. The number of nitrogens with one attached hydrogen (secondary N) is 1. The molecule has 0 saturated carbocycles. The molecule has 0 unspecified atom stereocenters. The first-order valence-electron chi connectivity index (χ1n) is 3.31. The summed E-state index contributed by atoms with van der Waals surface area (Å²) in [6, 6.07) is 3.09. The SMILES string of the molecule is O=c1cc(-c2nnco2)cc[nH]1. The lowest BCUT2D eigenvalue weighted by atomic mass is 10.3. The largest absolute Gasteiger partial charge is 0.423 e. The average molecular weight is 163 g/mol. The Morgan fingerprint density at radius 2 is 2.42 bits per heavy atom. The fourth-order valence-corrected chi connectivity index (χ4v) is 0.876. The van der Waals surface area contributed by atoms with Crippen molar-refractivity contribution in [2.45, 2.75) is 0 Å². The predicted molar refractivity (Wildman–Crippen MR) is 40.4 cm³/mol. The van der Waals surface area contributed by atoms with Crippen LogP contribution in [0.25, 0.3) is 11.5 Å². The van der Waals surface area contributed by atoms with Gasteiger partial charge in [-0.2, -0.15) is 0 Å². The van der Waals surface area contributed by atoms with E-state index in [1.807, 2.05) is 0 Å². The minimum atomic E-state index is -0.189. The van der Waals surface area contributed by atoms with Crippen LogP contribution in [0.3, 0.4) is 0 Å². The van der Waals surface area contributed by atoms with E-state index in [0.29, 0.717) is 11.5 Å². The highest BCUT2D eigenvalue weighted by atomic mass is 16.4. The van der Waals surface area contributed by atoms with Gasteiger partial charge in [0.05, 0.1) is 0 Å². The lowest BCUT2D eigenvalue weighted by Crippen LogP contribution is -2.01. The minimum Gasteiger partial charge on any atom is -0.423 e. The smallest absolute Gasteiger partial charge is 0.248 e. The van der Waals surface area contributed by atoms with Crippen molar-refractivity contribution in [2.75, 3.05) is 0 Å². The number of aromatic amines is 1. The zero-order chi connectivity index (χ0) is 8.39. The van der Waals surface area contributed by atoms with Crippen molar-refractivity contribution in [3.63, 3.8) is 0 Å². The highest BCUT2D eigenvalue weighted by Gasteiger charge is 2.01. The van der Waals surface area contributed by atoms with E-state index in [1.54, 1.807) is 6.07 Å². The lowest BCUT2D eigenvalue weighted by molar-refractivity contribution is 0.568. The van der Waals surface area contributed by atoms with Crippen molar-refractivity contribution in [2.24, 2.45) is 0 Å². The molecule has 0 aromatic carbocycles. The van der Waals surface area contributed by atoms with Gasteiger partial charge in [-0.05, 0) is 6.07 Å². The molecule has 0 amide bonds. The molecule has 2 aromatic rings. The molecule has 60 valence electrons. The minimum absolute atomic E-state index is 0.189. The van der Waals surface area contributed by atoms with E-state index >= 15 is 0 Å². The Kier molecular flexibility index (Phi) is 1.48. The van der Waals surface area contributed by atoms with Crippen LogP contribution in [0.5, 0.6) is 0 Å². The summed E-state index contributed by atoms with van der Waals surface area (Å²) in [5.74, 6) is 0.348. The summed E-state index contributed by atoms with van der Waals surface area (Å²) >= 11 is 0. The van der Waals surface area contributed by atoms with E-state index in [4.69, 9.17) is 4.42 Å². The maximum absolute atomic E-state index is 10.8. The Morgan fingerprint density at radius 3 is 3.08 bits per heavy atom. The Labute approximate surface area is 67.1 Å². The Hall–Kier alpha value is -1.91. The topological polar surface area (TPSA) is 71.8 Å². The molecule has 0 bridgehead atoms. The molecule has 0 radical (unpaired) electrons. The van der Waals surface area contributed by atoms with Crippen LogP contribution in [0.2, 0.25) is 0 Å². The van der Waals surface area contributed by atoms with Gasteiger partial charge in [0.15, 0.2) is 0 Å². The molecule has 0 aliphatic rings. The number of nitrogens with zero attached hydrogens (tertiary/aromatic N) is 2. The number of rotatable bonds is 1. The van der Waals surface area contributed by atoms with Crippen molar-refractivity contribution in [1.29, 1.82) is 0 Å². The zero-order valence-corrected chi connectivity index (χ0v) is 6.02. The molecule has 0 aliphatic carbocycles. The van der Waals surface area contributed by atoms with Crippen LogP contribution < -0.4 is 5.56 Å². The van der Waals surface area contributed by atoms with E-state index in [-0.39, 0.29) is 5.56 Å². The summed E-state index contributed by atoms with van der Waals surface area (Å²) in [5, 5.41) is 7.16. The van der Waals surface area contributed by atoms with E-state index in [0.717, 1.165) is 0 Å². The van der Waals surface area contributed by atoms with Crippen LogP contribution in [-0.4, -0.2) is 15.2 Å². The Balaban J connectivity index is 2.55. The first-order valence-corrected chi connectivity index (χ1v) is 3.31. The van der Waals surface area contributed by atoms with Gasteiger partial charge < -0.3 is 9.40 Å². The first-order chi connectivity index (χ1) is 5.86. The summed E-state index contributed by atoms with van der Waals surface area (Å²) < 4.78 is 4.90. The third-order valence-corrected chi connectivity index (χ3v) is 1.38. The van der Waals surface area contributed by atoms with E-state index in [2.05, 4.69) is 15.2 Å². The van der Waals surface area contributed by atoms with Gasteiger partial charge in [-0.1, -0.05) is 0 Å². The summed E-state index contributed by atoms with van der Waals surface area (Å²) in [6.07, 6.45) is 2.75. The van der Waals surface area contributed by atoms with Crippen LogP contribution in [0.15, 0.2) is 33.9 Å². The molecule has 2 rings (SSSR count). The number of pyridine rings is 1. The van der Waals surface area contributed by atoms with Gasteiger partial charge in [0.2, 0.25) is 17.8 Å². The van der Waals surface area contributed by atoms with E-state index in [9.17, 15) is 4.79 Å². The average Bonchev–Trinajstić information content (AvgIpc) is 2.56. The molecule has 0 fully saturated rings. The van der Waals surface area contributed by atoms with Crippen molar-refractivity contribution >= 4 is 0 Å². The second kappa shape index (κ2) is 2.61. The molecule has 0 saturated heterocycles.